The van der Waals surface area contributed by atoms with Crippen LogP contribution in [0.3, 0.4) is 0 Å². The molecule has 0 saturated carbocycles. The van der Waals surface area contributed by atoms with Crippen molar-refractivity contribution in [3.05, 3.63) is 24.0 Å². The maximum absolute atomic E-state index is 13.8. The summed E-state index contributed by atoms with van der Waals surface area (Å²) >= 11 is 0. The Balaban J connectivity index is 2.82. The van der Waals surface area contributed by atoms with E-state index < -0.39 is 20.7 Å². The van der Waals surface area contributed by atoms with Crippen molar-refractivity contribution in [1.29, 1.82) is 0 Å². The van der Waals surface area contributed by atoms with Gasteiger partial charge < -0.3 is 10.4 Å². The average molecular weight is 304 g/mol. The number of hydrogen-bond acceptors (Lipinski definition) is 4. The predicted octanol–water partition coefficient (Wildman–Crippen LogP) is 0.835. The number of sulfonamides is 1. The average Bonchev–Trinajstić information content (AvgIpc) is 2.33. The van der Waals surface area contributed by atoms with E-state index in [1.54, 1.807) is 0 Å². The standard InChI is InChI=1S/C12H17FN2O4S/c1-9(17)15-10-4-5-12(11(13)8-10)20(18,19)14-6-2-3-7-16/h4-5,8,14,16H,2-3,6-7H2,1H3,(H,15,17). The zero-order valence-electron chi connectivity index (χ0n) is 11.0. The lowest BCUT2D eigenvalue weighted by Gasteiger charge is -2.09. The summed E-state index contributed by atoms with van der Waals surface area (Å²) in [6.07, 6.45) is 0.924. The highest BCUT2D eigenvalue weighted by atomic mass is 32.2. The summed E-state index contributed by atoms with van der Waals surface area (Å²) in [6.45, 7) is 1.36. The minimum Gasteiger partial charge on any atom is -0.396 e. The number of carbonyl (C=O) groups is 1. The van der Waals surface area contributed by atoms with Crippen molar-refractivity contribution in [3.8, 4) is 0 Å². The first-order chi connectivity index (χ1) is 9.36. The van der Waals surface area contributed by atoms with Crippen LogP contribution in [0.15, 0.2) is 23.1 Å². The highest BCUT2D eigenvalue weighted by molar-refractivity contribution is 7.89. The summed E-state index contributed by atoms with van der Waals surface area (Å²) in [5.41, 5.74) is 0.189. The van der Waals surface area contributed by atoms with Crippen molar-refractivity contribution in [2.24, 2.45) is 0 Å². The van der Waals surface area contributed by atoms with Crippen LogP contribution in [-0.4, -0.2) is 32.6 Å². The Morgan fingerprint density at radius 3 is 2.60 bits per heavy atom. The Labute approximate surface area is 117 Å². The monoisotopic (exact) mass is 304 g/mol. The second-order valence-corrected chi connectivity index (χ2v) is 5.89. The van der Waals surface area contributed by atoms with Crippen LogP contribution in [0, 0.1) is 5.82 Å². The first-order valence-corrected chi connectivity index (χ1v) is 7.53. The molecule has 0 heterocycles. The van der Waals surface area contributed by atoms with Crippen molar-refractivity contribution in [3.63, 3.8) is 0 Å². The van der Waals surface area contributed by atoms with E-state index in [1.807, 2.05) is 0 Å². The second kappa shape index (κ2) is 7.32. The number of amides is 1. The molecule has 0 aliphatic carbocycles. The Kier molecular flexibility index (Phi) is 6.05. The zero-order valence-corrected chi connectivity index (χ0v) is 11.8. The molecule has 0 aromatic heterocycles. The lowest BCUT2D eigenvalue weighted by atomic mass is 10.3. The topological polar surface area (TPSA) is 95.5 Å². The highest BCUT2D eigenvalue weighted by Gasteiger charge is 2.18. The fourth-order valence-corrected chi connectivity index (χ4v) is 2.65. The third kappa shape index (κ3) is 4.87. The normalized spacial score (nSPS) is 11.3. The Hall–Kier alpha value is -1.51. The first-order valence-electron chi connectivity index (χ1n) is 6.04. The maximum atomic E-state index is 13.8. The SMILES string of the molecule is CC(=O)Nc1ccc(S(=O)(=O)NCCCCO)c(F)c1. The number of carbonyl (C=O) groups excluding carboxylic acids is 1. The van der Waals surface area contributed by atoms with Gasteiger partial charge in [-0.1, -0.05) is 0 Å². The van der Waals surface area contributed by atoms with Crippen LogP contribution in [-0.2, 0) is 14.8 Å². The summed E-state index contributed by atoms with van der Waals surface area (Å²) < 4.78 is 39.7. The molecule has 0 spiro atoms. The van der Waals surface area contributed by atoms with Crippen molar-refractivity contribution < 1.29 is 22.7 Å². The molecule has 112 valence electrons. The Bertz CT molecular complexity index is 575. The molecule has 1 rings (SSSR count). The number of aliphatic hydroxyl groups excluding tert-OH is 1. The van der Waals surface area contributed by atoms with E-state index in [4.69, 9.17) is 5.11 Å². The Morgan fingerprint density at radius 2 is 2.05 bits per heavy atom. The minimum atomic E-state index is -3.94. The van der Waals surface area contributed by atoms with Crippen LogP contribution >= 0.6 is 0 Å². The second-order valence-electron chi connectivity index (χ2n) is 4.15. The van der Waals surface area contributed by atoms with Gasteiger partial charge in [0.2, 0.25) is 15.9 Å². The number of unbranched alkanes of at least 4 members (excludes halogenated alkanes) is 1. The van der Waals surface area contributed by atoms with Crippen molar-refractivity contribution in [2.45, 2.75) is 24.7 Å². The summed E-state index contributed by atoms with van der Waals surface area (Å²) in [4.78, 5) is 10.3. The number of hydrogen-bond donors (Lipinski definition) is 3. The number of nitrogens with one attached hydrogen (secondary N) is 2. The molecule has 0 aliphatic rings. The summed E-state index contributed by atoms with van der Waals surface area (Å²) in [7, 11) is -3.94. The van der Waals surface area contributed by atoms with E-state index in [0.29, 0.717) is 12.8 Å². The van der Waals surface area contributed by atoms with Crippen LogP contribution in [0.2, 0.25) is 0 Å². The third-order valence-electron chi connectivity index (χ3n) is 2.42. The van der Waals surface area contributed by atoms with Gasteiger partial charge in [0.05, 0.1) is 0 Å². The van der Waals surface area contributed by atoms with Gasteiger partial charge in [-0.25, -0.2) is 17.5 Å². The highest BCUT2D eigenvalue weighted by Crippen LogP contribution is 2.18. The lowest BCUT2D eigenvalue weighted by Crippen LogP contribution is -2.26. The molecule has 1 aromatic rings. The number of halogens is 1. The number of aliphatic hydroxyl groups is 1. The maximum Gasteiger partial charge on any atom is 0.243 e. The number of benzene rings is 1. The van der Waals surface area contributed by atoms with Crippen LogP contribution in [0.1, 0.15) is 19.8 Å². The molecule has 0 bridgehead atoms. The largest absolute Gasteiger partial charge is 0.396 e. The fraction of sp³-hybridized carbons (Fsp3) is 0.417. The molecular formula is C12H17FN2O4S. The van der Waals surface area contributed by atoms with E-state index in [0.717, 1.165) is 12.1 Å². The molecule has 1 aromatic carbocycles. The number of rotatable bonds is 7. The molecule has 3 N–H and O–H groups in total. The minimum absolute atomic E-state index is 0.0263. The van der Waals surface area contributed by atoms with Gasteiger partial charge in [-0.15, -0.1) is 0 Å². The van der Waals surface area contributed by atoms with E-state index >= 15 is 0 Å². The molecule has 0 aliphatic heterocycles. The molecule has 8 heteroatoms. The van der Waals surface area contributed by atoms with Crippen LogP contribution in [0.25, 0.3) is 0 Å². The summed E-state index contributed by atoms with van der Waals surface area (Å²) in [6, 6.07) is 3.35. The van der Waals surface area contributed by atoms with E-state index in [2.05, 4.69) is 10.0 Å². The Morgan fingerprint density at radius 1 is 1.35 bits per heavy atom. The molecule has 0 radical (unpaired) electrons. The quantitative estimate of drug-likeness (QED) is 0.650. The van der Waals surface area contributed by atoms with E-state index in [-0.39, 0.29) is 24.7 Å². The first kappa shape index (κ1) is 16.5. The van der Waals surface area contributed by atoms with Gasteiger partial charge >= 0.3 is 0 Å². The van der Waals surface area contributed by atoms with Crippen molar-refractivity contribution in [2.75, 3.05) is 18.5 Å². The molecule has 0 fully saturated rings. The van der Waals surface area contributed by atoms with Crippen LogP contribution < -0.4 is 10.0 Å². The van der Waals surface area contributed by atoms with Gasteiger partial charge in [0.1, 0.15) is 10.7 Å². The van der Waals surface area contributed by atoms with E-state index in [1.165, 1.54) is 13.0 Å². The number of anilines is 1. The van der Waals surface area contributed by atoms with Gasteiger partial charge in [-0.2, -0.15) is 0 Å². The lowest BCUT2D eigenvalue weighted by molar-refractivity contribution is -0.114. The van der Waals surface area contributed by atoms with Gasteiger partial charge in [-0.05, 0) is 31.0 Å². The zero-order chi connectivity index (χ0) is 15.2. The van der Waals surface area contributed by atoms with Gasteiger partial charge in [-0.3, -0.25) is 4.79 Å². The molecule has 0 unspecified atom stereocenters. The fourth-order valence-electron chi connectivity index (χ4n) is 1.52. The smallest absolute Gasteiger partial charge is 0.243 e. The van der Waals surface area contributed by atoms with Gasteiger partial charge in [0.25, 0.3) is 0 Å². The van der Waals surface area contributed by atoms with Gasteiger partial charge in [0.15, 0.2) is 0 Å². The van der Waals surface area contributed by atoms with Crippen molar-refractivity contribution in [1.82, 2.24) is 4.72 Å². The van der Waals surface area contributed by atoms with Crippen LogP contribution in [0.5, 0.6) is 0 Å². The van der Waals surface area contributed by atoms with E-state index in [9.17, 15) is 17.6 Å². The predicted molar refractivity (Wildman–Crippen MR) is 72.2 cm³/mol. The molecule has 0 atom stereocenters. The van der Waals surface area contributed by atoms with Crippen molar-refractivity contribution >= 4 is 21.6 Å². The molecule has 1 amide bonds. The molecule has 0 saturated heterocycles. The molecule has 20 heavy (non-hydrogen) atoms. The summed E-state index contributed by atoms with van der Waals surface area (Å²) in [5, 5.41) is 10.9. The third-order valence-corrected chi connectivity index (χ3v) is 3.91. The van der Waals surface area contributed by atoms with Gasteiger partial charge in [0, 0.05) is 25.8 Å². The van der Waals surface area contributed by atoms with Crippen LogP contribution in [0.4, 0.5) is 10.1 Å². The summed E-state index contributed by atoms with van der Waals surface area (Å²) in [5.74, 6) is -1.31. The molecular weight excluding hydrogens is 287 g/mol. The molecule has 6 nitrogen and oxygen atoms in total.